The lowest BCUT2D eigenvalue weighted by molar-refractivity contribution is -0.384. The maximum Gasteiger partial charge on any atom is 0.317 e. The Morgan fingerprint density at radius 3 is 2.26 bits per heavy atom. The molecule has 0 heterocycles. The van der Waals surface area contributed by atoms with E-state index in [9.17, 15) is 24.5 Å². The second kappa shape index (κ2) is 8.57. The minimum absolute atomic E-state index is 0.0665. The Kier molecular flexibility index (Phi) is 6.44. The highest BCUT2D eigenvalue weighted by molar-refractivity contribution is 6.08. The zero-order valence-electron chi connectivity index (χ0n) is 15.3. The molecule has 0 N–H and O–H groups in total. The van der Waals surface area contributed by atoms with Gasteiger partial charge >= 0.3 is 11.9 Å². The van der Waals surface area contributed by atoms with Crippen molar-refractivity contribution < 1.29 is 28.8 Å². The van der Waals surface area contributed by atoms with Gasteiger partial charge in [-0.25, -0.2) is 0 Å². The molecule has 0 saturated carbocycles. The lowest BCUT2D eigenvalue weighted by atomic mass is 9.68. The van der Waals surface area contributed by atoms with E-state index in [4.69, 9.17) is 9.47 Å². The number of benzene rings is 1. The summed E-state index contributed by atoms with van der Waals surface area (Å²) in [5.74, 6) is -4.99. The summed E-state index contributed by atoms with van der Waals surface area (Å²) in [4.78, 5) is 48.2. The van der Waals surface area contributed by atoms with Gasteiger partial charge in [-0.05, 0) is 32.4 Å². The Morgan fingerprint density at radius 1 is 1.11 bits per heavy atom. The van der Waals surface area contributed by atoms with Crippen LogP contribution in [0.5, 0.6) is 0 Å². The summed E-state index contributed by atoms with van der Waals surface area (Å²) >= 11 is 0. The molecule has 1 aliphatic rings. The maximum atomic E-state index is 12.6. The van der Waals surface area contributed by atoms with Crippen LogP contribution >= 0.6 is 0 Å². The van der Waals surface area contributed by atoms with Crippen LogP contribution in [0.3, 0.4) is 0 Å². The molecule has 8 heteroatoms. The highest BCUT2D eigenvalue weighted by atomic mass is 16.6. The number of nitrogens with zero attached hydrogens (tertiary/aromatic N) is 1. The van der Waals surface area contributed by atoms with Crippen LogP contribution in [0.25, 0.3) is 0 Å². The zero-order chi connectivity index (χ0) is 20.1. The average Bonchev–Trinajstić information content (AvgIpc) is 2.61. The largest absolute Gasteiger partial charge is 0.466 e. The van der Waals surface area contributed by atoms with Crippen molar-refractivity contribution >= 4 is 23.4 Å². The number of nitro benzene ring substituents is 1. The van der Waals surface area contributed by atoms with E-state index in [0.717, 1.165) is 0 Å². The molecule has 144 valence electrons. The first-order chi connectivity index (χ1) is 12.8. The number of hydrogen-bond donors (Lipinski definition) is 0. The van der Waals surface area contributed by atoms with E-state index in [-0.39, 0.29) is 18.9 Å². The molecule has 0 aliphatic heterocycles. The van der Waals surface area contributed by atoms with E-state index in [0.29, 0.717) is 11.1 Å². The Balaban J connectivity index is 2.63. The molecule has 1 aliphatic carbocycles. The van der Waals surface area contributed by atoms with Gasteiger partial charge < -0.3 is 9.47 Å². The minimum atomic E-state index is -1.27. The number of ether oxygens (including phenoxy) is 2. The van der Waals surface area contributed by atoms with Crippen molar-refractivity contribution in [2.75, 3.05) is 13.2 Å². The number of rotatable bonds is 6. The van der Waals surface area contributed by atoms with Gasteiger partial charge in [-0.3, -0.25) is 24.5 Å². The van der Waals surface area contributed by atoms with Crippen LogP contribution in [0, 0.1) is 22.0 Å². The fraction of sp³-hybridized carbons (Fsp3) is 0.421. The lowest BCUT2D eigenvalue weighted by Gasteiger charge is -2.34. The van der Waals surface area contributed by atoms with E-state index >= 15 is 0 Å². The molecule has 2 rings (SSSR count). The summed E-state index contributed by atoms with van der Waals surface area (Å²) in [5, 5.41) is 11.1. The highest BCUT2D eigenvalue weighted by Gasteiger charge is 2.48. The molecule has 0 unspecified atom stereocenters. The zero-order valence-corrected chi connectivity index (χ0v) is 15.3. The van der Waals surface area contributed by atoms with Crippen molar-refractivity contribution in [2.24, 2.45) is 11.8 Å². The van der Waals surface area contributed by atoms with Crippen molar-refractivity contribution in [1.29, 1.82) is 0 Å². The van der Waals surface area contributed by atoms with Gasteiger partial charge in [-0.2, -0.15) is 0 Å². The number of esters is 2. The van der Waals surface area contributed by atoms with Crippen LogP contribution in [-0.4, -0.2) is 35.9 Å². The smallest absolute Gasteiger partial charge is 0.317 e. The predicted octanol–water partition coefficient (Wildman–Crippen LogP) is 2.57. The first kappa shape index (κ1) is 20.3. The number of carbonyl (C=O) groups is 3. The van der Waals surface area contributed by atoms with Crippen molar-refractivity contribution in [3.63, 3.8) is 0 Å². The molecule has 3 atom stereocenters. The Hall–Kier alpha value is -3.03. The SMILES string of the molecule is CCOC(=O)[C@@H]1C(=O)C=C(C)[C@H](C(=O)OCC)[C@H]1c1cccc([N+](=O)[O-])c1. The van der Waals surface area contributed by atoms with E-state index in [2.05, 4.69) is 0 Å². The molecule has 0 amide bonds. The quantitative estimate of drug-likeness (QED) is 0.325. The van der Waals surface area contributed by atoms with E-state index in [1.54, 1.807) is 26.8 Å². The summed E-state index contributed by atoms with van der Waals surface area (Å²) in [6.07, 6.45) is 1.25. The van der Waals surface area contributed by atoms with Gasteiger partial charge in [-0.1, -0.05) is 17.7 Å². The fourth-order valence-electron chi connectivity index (χ4n) is 3.35. The predicted molar refractivity (Wildman–Crippen MR) is 94.8 cm³/mol. The molecular formula is C19H21NO7. The molecule has 0 saturated heterocycles. The van der Waals surface area contributed by atoms with Crippen LogP contribution < -0.4 is 0 Å². The van der Waals surface area contributed by atoms with Crippen LogP contribution in [-0.2, 0) is 23.9 Å². The average molecular weight is 375 g/mol. The third-order valence-corrected chi connectivity index (χ3v) is 4.43. The number of non-ortho nitro benzene ring substituents is 1. The highest BCUT2D eigenvalue weighted by Crippen LogP contribution is 2.42. The first-order valence-electron chi connectivity index (χ1n) is 8.61. The number of carbonyl (C=O) groups excluding carboxylic acids is 3. The molecule has 1 aromatic carbocycles. The molecular weight excluding hydrogens is 354 g/mol. The van der Waals surface area contributed by atoms with Crippen molar-refractivity contribution in [2.45, 2.75) is 26.7 Å². The van der Waals surface area contributed by atoms with Gasteiger partial charge in [0.25, 0.3) is 5.69 Å². The van der Waals surface area contributed by atoms with Crippen molar-refractivity contribution in [3.8, 4) is 0 Å². The summed E-state index contributed by atoms with van der Waals surface area (Å²) in [5.41, 5.74) is 0.578. The van der Waals surface area contributed by atoms with Gasteiger partial charge in [0.05, 0.1) is 24.1 Å². The van der Waals surface area contributed by atoms with Crippen LogP contribution in [0.1, 0.15) is 32.3 Å². The molecule has 0 radical (unpaired) electrons. The van der Waals surface area contributed by atoms with Crippen LogP contribution in [0.4, 0.5) is 5.69 Å². The topological polar surface area (TPSA) is 113 Å². The Morgan fingerprint density at radius 2 is 1.70 bits per heavy atom. The second-order valence-corrected chi connectivity index (χ2v) is 6.13. The molecule has 0 fully saturated rings. The molecule has 27 heavy (non-hydrogen) atoms. The van der Waals surface area contributed by atoms with Crippen LogP contribution in [0.15, 0.2) is 35.9 Å². The molecule has 0 bridgehead atoms. The summed E-state index contributed by atoms with van der Waals surface area (Å²) in [7, 11) is 0. The molecule has 0 aromatic heterocycles. The first-order valence-corrected chi connectivity index (χ1v) is 8.61. The summed E-state index contributed by atoms with van der Waals surface area (Å²) in [6.45, 7) is 5.05. The third kappa shape index (κ3) is 4.21. The monoisotopic (exact) mass is 375 g/mol. The van der Waals surface area contributed by atoms with E-state index < -0.39 is 40.4 Å². The van der Waals surface area contributed by atoms with Gasteiger partial charge in [0.1, 0.15) is 5.92 Å². The summed E-state index contributed by atoms with van der Waals surface area (Å²) in [6, 6.07) is 5.59. The van der Waals surface area contributed by atoms with Gasteiger partial charge in [0.2, 0.25) is 0 Å². The normalized spacial score (nSPS) is 22.0. The van der Waals surface area contributed by atoms with E-state index in [1.165, 1.54) is 24.3 Å². The fourth-order valence-corrected chi connectivity index (χ4v) is 3.35. The minimum Gasteiger partial charge on any atom is -0.466 e. The van der Waals surface area contributed by atoms with Crippen LogP contribution in [0.2, 0.25) is 0 Å². The number of nitro groups is 1. The molecule has 1 aromatic rings. The van der Waals surface area contributed by atoms with Gasteiger partial charge in [0, 0.05) is 18.1 Å². The summed E-state index contributed by atoms with van der Waals surface area (Å²) < 4.78 is 10.2. The van der Waals surface area contributed by atoms with Gasteiger partial charge in [0.15, 0.2) is 5.78 Å². The molecule has 8 nitrogen and oxygen atoms in total. The van der Waals surface area contributed by atoms with Crippen molar-refractivity contribution in [3.05, 3.63) is 51.6 Å². The van der Waals surface area contributed by atoms with E-state index in [1.807, 2.05) is 0 Å². The van der Waals surface area contributed by atoms with Gasteiger partial charge in [-0.15, -0.1) is 0 Å². The maximum absolute atomic E-state index is 12.6. The third-order valence-electron chi connectivity index (χ3n) is 4.43. The number of ketones is 1. The number of hydrogen-bond acceptors (Lipinski definition) is 7. The second-order valence-electron chi connectivity index (χ2n) is 6.13. The standard InChI is InChI=1S/C19H21NO7/c1-4-26-18(22)15-11(3)9-14(21)17(19(23)27-5-2)16(15)12-7-6-8-13(10-12)20(24)25/h6-10,15-17H,4-5H2,1-3H3/t15-,16+,17+/m0/s1. The molecule has 0 spiro atoms. The van der Waals surface area contributed by atoms with Crippen molar-refractivity contribution in [1.82, 2.24) is 0 Å². The number of allylic oxidation sites excluding steroid dienone is 1. The Labute approximate surface area is 156 Å². The lowest BCUT2D eigenvalue weighted by Crippen LogP contribution is -2.41. The Bertz CT molecular complexity index is 799.